The quantitative estimate of drug-likeness (QED) is 0.827. The summed E-state index contributed by atoms with van der Waals surface area (Å²) in [5, 5.41) is 10.3. The topological polar surface area (TPSA) is 58.1 Å². The largest absolute Gasteiger partial charge is 0.479 e. The van der Waals surface area contributed by atoms with Crippen LogP contribution in [0.15, 0.2) is 12.3 Å². The third kappa shape index (κ3) is 1.38. The molecule has 0 aromatic carbocycles. The number of aromatic amines is 1. The molecule has 2 N–H and O–H groups in total. The van der Waals surface area contributed by atoms with Crippen LogP contribution in [-0.4, -0.2) is 22.2 Å². The molecule has 1 aliphatic carbocycles. The Morgan fingerprint density at radius 2 is 2.38 bits per heavy atom. The van der Waals surface area contributed by atoms with Crippen LogP contribution in [0.5, 0.6) is 5.88 Å². The molecular formula is C12H14N2O2. The SMILES string of the molecule is COc1ncc(C2CC2)c2cc(CO)[nH]c12. The number of pyridine rings is 1. The Labute approximate surface area is 93.3 Å². The second kappa shape index (κ2) is 3.49. The van der Waals surface area contributed by atoms with Crippen molar-refractivity contribution in [3.8, 4) is 5.88 Å². The second-order valence-electron chi connectivity index (χ2n) is 4.24. The van der Waals surface area contributed by atoms with Crippen LogP contribution in [0.4, 0.5) is 0 Å². The number of H-pyrrole nitrogens is 1. The van der Waals surface area contributed by atoms with Crippen LogP contribution in [-0.2, 0) is 6.61 Å². The van der Waals surface area contributed by atoms with Gasteiger partial charge in [0.15, 0.2) is 0 Å². The summed E-state index contributed by atoms with van der Waals surface area (Å²) in [5.41, 5.74) is 2.98. The van der Waals surface area contributed by atoms with Crippen LogP contribution in [0, 0.1) is 0 Å². The Bertz CT molecular complexity index is 529. The van der Waals surface area contributed by atoms with Crippen LogP contribution in [0.3, 0.4) is 0 Å². The van der Waals surface area contributed by atoms with Crippen molar-refractivity contribution in [1.82, 2.24) is 9.97 Å². The van der Waals surface area contributed by atoms with E-state index in [0.29, 0.717) is 11.8 Å². The maximum atomic E-state index is 9.15. The first-order chi connectivity index (χ1) is 7.83. The number of rotatable bonds is 3. The number of hydrogen-bond acceptors (Lipinski definition) is 3. The first-order valence-corrected chi connectivity index (χ1v) is 5.49. The molecule has 4 heteroatoms. The van der Waals surface area contributed by atoms with E-state index >= 15 is 0 Å². The van der Waals surface area contributed by atoms with Crippen molar-refractivity contribution in [1.29, 1.82) is 0 Å². The van der Waals surface area contributed by atoms with Gasteiger partial charge < -0.3 is 14.8 Å². The summed E-state index contributed by atoms with van der Waals surface area (Å²) in [5.74, 6) is 1.24. The summed E-state index contributed by atoms with van der Waals surface area (Å²) >= 11 is 0. The highest BCUT2D eigenvalue weighted by Crippen LogP contribution is 2.44. The second-order valence-corrected chi connectivity index (χ2v) is 4.24. The van der Waals surface area contributed by atoms with Crippen molar-refractivity contribution < 1.29 is 9.84 Å². The maximum Gasteiger partial charge on any atom is 0.238 e. The van der Waals surface area contributed by atoms with Crippen LogP contribution in [0.1, 0.15) is 30.0 Å². The summed E-state index contributed by atoms with van der Waals surface area (Å²) in [6, 6.07) is 1.99. The van der Waals surface area contributed by atoms with E-state index in [4.69, 9.17) is 9.84 Å². The molecule has 0 amide bonds. The van der Waals surface area contributed by atoms with Crippen molar-refractivity contribution in [3.05, 3.63) is 23.5 Å². The van der Waals surface area contributed by atoms with Gasteiger partial charge >= 0.3 is 0 Å². The summed E-state index contributed by atoms with van der Waals surface area (Å²) in [6.45, 7) is 0.0158. The first kappa shape index (κ1) is 9.66. The molecule has 0 atom stereocenters. The summed E-state index contributed by atoms with van der Waals surface area (Å²) in [4.78, 5) is 7.45. The minimum absolute atomic E-state index is 0.0158. The van der Waals surface area contributed by atoms with Gasteiger partial charge in [0.05, 0.1) is 13.7 Å². The number of nitrogens with zero attached hydrogens (tertiary/aromatic N) is 1. The van der Waals surface area contributed by atoms with Gasteiger partial charge in [-0.3, -0.25) is 0 Å². The van der Waals surface area contributed by atoms with Gasteiger partial charge in [-0.1, -0.05) is 0 Å². The molecule has 1 fully saturated rings. The van der Waals surface area contributed by atoms with Crippen LogP contribution >= 0.6 is 0 Å². The Morgan fingerprint density at radius 1 is 1.56 bits per heavy atom. The van der Waals surface area contributed by atoms with Gasteiger partial charge in [-0.2, -0.15) is 0 Å². The highest BCUT2D eigenvalue weighted by Gasteiger charge is 2.27. The number of hydrogen-bond donors (Lipinski definition) is 2. The van der Waals surface area contributed by atoms with E-state index < -0.39 is 0 Å². The van der Waals surface area contributed by atoms with E-state index in [1.807, 2.05) is 12.3 Å². The molecule has 0 spiro atoms. The smallest absolute Gasteiger partial charge is 0.238 e. The van der Waals surface area contributed by atoms with Crippen molar-refractivity contribution in [2.75, 3.05) is 7.11 Å². The molecule has 1 aliphatic rings. The molecule has 84 valence electrons. The van der Waals surface area contributed by atoms with E-state index in [1.54, 1.807) is 7.11 Å². The minimum atomic E-state index is 0.0158. The number of nitrogens with one attached hydrogen (secondary N) is 1. The Kier molecular flexibility index (Phi) is 2.11. The fourth-order valence-electron chi connectivity index (χ4n) is 2.13. The zero-order valence-corrected chi connectivity index (χ0v) is 9.16. The molecule has 2 heterocycles. The predicted octanol–water partition coefficient (Wildman–Crippen LogP) is 1.94. The normalized spacial score (nSPS) is 15.6. The fourth-order valence-corrected chi connectivity index (χ4v) is 2.13. The van der Waals surface area contributed by atoms with Crippen molar-refractivity contribution in [3.63, 3.8) is 0 Å². The molecular weight excluding hydrogens is 204 g/mol. The molecule has 4 nitrogen and oxygen atoms in total. The molecule has 0 bridgehead atoms. The van der Waals surface area contributed by atoms with E-state index in [0.717, 1.165) is 16.6 Å². The van der Waals surface area contributed by atoms with Gasteiger partial charge in [0.25, 0.3) is 0 Å². The van der Waals surface area contributed by atoms with E-state index in [-0.39, 0.29) is 6.61 Å². The van der Waals surface area contributed by atoms with Gasteiger partial charge in [-0.05, 0) is 30.4 Å². The Balaban J connectivity index is 2.25. The number of aliphatic hydroxyl groups excluding tert-OH is 1. The van der Waals surface area contributed by atoms with Gasteiger partial charge in [0.1, 0.15) is 5.52 Å². The highest BCUT2D eigenvalue weighted by molar-refractivity contribution is 5.88. The molecule has 3 rings (SSSR count). The molecule has 0 radical (unpaired) electrons. The lowest BCUT2D eigenvalue weighted by atomic mass is 10.1. The average Bonchev–Trinajstić information content (AvgIpc) is 3.05. The number of aliphatic hydroxyl groups is 1. The predicted molar refractivity (Wildman–Crippen MR) is 60.5 cm³/mol. The van der Waals surface area contributed by atoms with Crippen molar-refractivity contribution in [2.45, 2.75) is 25.4 Å². The van der Waals surface area contributed by atoms with E-state index in [9.17, 15) is 0 Å². The number of methoxy groups -OCH3 is 1. The third-order valence-electron chi connectivity index (χ3n) is 3.10. The van der Waals surface area contributed by atoms with Crippen molar-refractivity contribution in [2.24, 2.45) is 0 Å². The molecule has 0 unspecified atom stereocenters. The third-order valence-corrected chi connectivity index (χ3v) is 3.10. The zero-order valence-electron chi connectivity index (χ0n) is 9.16. The van der Waals surface area contributed by atoms with Gasteiger partial charge in [-0.15, -0.1) is 0 Å². The van der Waals surface area contributed by atoms with Crippen molar-refractivity contribution >= 4 is 10.9 Å². The van der Waals surface area contributed by atoms with E-state index in [2.05, 4.69) is 9.97 Å². The van der Waals surface area contributed by atoms with Gasteiger partial charge in [0, 0.05) is 17.3 Å². The summed E-state index contributed by atoms with van der Waals surface area (Å²) < 4.78 is 5.22. The van der Waals surface area contributed by atoms with E-state index in [1.165, 1.54) is 18.4 Å². The fraction of sp³-hybridized carbons (Fsp3) is 0.417. The first-order valence-electron chi connectivity index (χ1n) is 5.49. The lowest BCUT2D eigenvalue weighted by molar-refractivity contribution is 0.278. The van der Waals surface area contributed by atoms with Gasteiger partial charge in [-0.25, -0.2) is 4.98 Å². The summed E-state index contributed by atoms with van der Waals surface area (Å²) in [6.07, 6.45) is 4.37. The van der Waals surface area contributed by atoms with Crippen LogP contribution in [0.2, 0.25) is 0 Å². The summed E-state index contributed by atoms with van der Waals surface area (Å²) in [7, 11) is 1.61. The standard InChI is InChI=1S/C12H14N2O2/c1-16-12-11-9(4-8(6-15)14-11)10(5-13-12)7-2-3-7/h4-5,7,14-15H,2-3,6H2,1H3. The molecule has 1 saturated carbocycles. The minimum Gasteiger partial charge on any atom is -0.479 e. The maximum absolute atomic E-state index is 9.15. The molecule has 16 heavy (non-hydrogen) atoms. The Morgan fingerprint density at radius 3 is 3.00 bits per heavy atom. The molecule has 2 aromatic rings. The van der Waals surface area contributed by atoms with Crippen LogP contribution < -0.4 is 4.74 Å². The number of fused-ring (bicyclic) bond motifs is 1. The van der Waals surface area contributed by atoms with Gasteiger partial charge in [0.2, 0.25) is 5.88 Å². The molecule has 0 saturated heterocycles. The highest BCUT2D eigenvalue weighted by atomic mass is 16.5. The number of aromatic nitrogens is 2. The van der Waals surface area contributed by atoms with Crippen LogP contribution in [0.25, 0.3) is 10.9 Å². The molecule has 2 aromatic heterocycles. The lowest BCUT2D eigenvalue weighted by Gasteiger charge is -2.04. The Hall–Kier alpha value is -1.55. The number of ether oxygens (including phenoxy) is 1. The zero-order chi connectivity index (χ0) is 11.1. The monoisotopic (exact) mass is 218 g/mol. The molecule has 0 aliphatic heterocycles. The average molecular weight is 218 g/mol. The lowest BCUT2D eigenvalue weighted by Crippen LogP contribution is -1.91.